The molecule has 2 aromatic carbocycles. The van der Waals surface area contributed by atoms with E-state index in [-0.39, 0.29) is 11.6 Å². The average Bonchev–Trinajstić information content (AvgIpc) is 2.63. The zero-order valence-electron chi connectivity index (χ0n) is 14.3. The molecule has 5 nitrogen and oxygen atoms in total. The lowest BCUT2D eigenvalue weighted by molar-refractivity contribution is -0.695. The van der Waals surface area contributed by atoms with Gasteiger partial charge in [-0.1, -0.05) is 23.7 Å². The second-order valence-electron chi connectivity index (χ2n) is 5.91. The maximum absolute atomic E-state index is 13.1. The maximum Gasteiger partial charge on any atom is 0.266 e. The van der Waals surface area contributed by atoms with Gasteiger partial charge in [0.1, 0.15) is 6.04 Å². The molecule has 2 N–H and O–H groups in total. The molecule has 3 rings (SSSR count). The normalized spacial score (nSPS) is 12.4. The predicted molar refractivity (Wildman–Crippen MR) is 99.4 cm³/mol. The van der Waals surface area contributed by atoms with Gasteiger partial charge in [0.15, 0.2) is 5.82 Å². The molecular formula is C19H21ClN3O2+. The smallest absolute Gasteiger partial charge is 0.266 e. The van der Waals surface area contributed by atoms with E-state index in [9.17, 15) is 4.79 Å². The van der Waals surface area contributed by atoms with Crippen molar-refractivity contribution >= 4 is 22.5 Å². The van der Waals surface area contributed by atoms with E-state index in [1.165, 1.54) is 0 Å². The van der Waals surface area contributed by atoms with E-state index < -0.39 is 0 Å². The van der Waals surface area contributed by atoms with Crippen LogP contribution in [0.2, 0.25) is 5.02 Å². The van der Waals surface area contributed by atoms with Gasteiger partial charge >= 0.3 is 0 Å². The summed E-state index contributed by atoms with van der Waals surface area (Å²) < 4.78 is 6.79. The van der Waals surface area contributed by atoms with Crippen LogP contribution in [0.4, 0.5) is 0 Å². The number of nitrogens with zero attached hydrogens (tertiary/aromatic N) is 2. The minimum absolute atomic E-state index is 0.00290. The van der Waals surface area contributed by atoms with Gasteiger partial charge in [-0.25, -0.2) is 4.98 Å². The Bertz CT molecular complexity index is 922. The number of methoxy groups -OCH3 is 1. The fraction of sp³-hybridized carbons (Fsp3) is 0.263. The predicted octanol–water partition coefficient (Wildman–Crippen LogP) is 2.31. The summed E-state index contributed by atoms with van der Waals surface area (Å²) in [6, 6.07) is 14.7. The number of para-hydroxylation sites is 1. The fourth-order valence-corrected chi connectivity index (χ4v) is 2.96. The van der Waals surface area contributed by atoms with Crippen molar-refractivity contribution in [3.63, 3.8) is 0 Å². The molecule has 6 heteroatoms. The molecule has 1 aromatic heterocycles. The summed E-state index contributed by atoms with van der Waals surface area (Å²) in [5.74, 6) is 0.710. The molecule has 3 aromatic rings. The summed E-state index contributed by atoms with van der Waals surface area (Å²) in [4.78, 5) is 17.9. The van der Waals surface area contributed by atoms with E-state index in [2.05, 4.69) is 5.32 Å². The van der Waals surface area contributed by atoms with Gasteiger partial charge < -0.3 is 10.1 Å². The van der Waals surface area contributed by atoms with Crippen LogP contribution in [0, 0.1) is 0 Å². The van der Waals surface area contributed by atoms with E-state index in [0.29, 0.717) is 28.4 Å². The van der Waals surface area contributed by atoms with Gasteiger partial charge in [0.2, 0.25) is 0 Å². The lowest BCUT2D eigenvalue weighted by Gasteiger charge is -2.17. The standard InChI is InChI=1S/C19H20ClN3O2/c1-13(21-11-12-25-2)18-22-17-6-4-3-5-16(17)19(24)23(18)15-9-7-14(20)8-10-15/h3-10,13,21H,11-12H2,1-2H3/p+1/t13-/m1/s1. The van der Waals surface area contributed by atoms with Gasteiger partial charge in [-0.15, -0.1) is 0 Å². The number of rotatable bonds is 6. The van der Waals surface area contributed by atoms with Crippen LogP contribution in [-0.2, 0) is 4.74 Å². The second kappa shape index (κ2) is 7.78. The number of aromatic nitrogens is 2. The lowest BCUT2D eigenvalue weighted by atomic mass is 10.2. The quantitative estimate of drug-likeness (QED) is 0.688. The number of halogens is 1. The number of hydrogen-bond acceptors (Lipinski definition) is 3. The molecule has 0 unspecified atom stereocenters. The summed E-state index contributed by atoms with van der Waals surface area (Å²) in [6.07, 6.45) is 0. The Morgan fingerprint density at radius 3 is 2.64 bits per heavy atom. The Hall–Kier alpha value is -2.21. The van der Waals surface area contributed by atoms with Crippen LogP contribution in [0.3, 0.4) is 0 Å². The zero-order valence-corrected chi connectivity index (χ0v) is 15.0. The number of nitrogens with two attached hydrogens (primary N) is 1. The highest BCUT2D eigenvalue weighted by Gasteiger charge is 2.19. The largest absolute Gasteiger partial charge is 0.379 e. The third kappa shape index (κ3) is 3.74. The molecule has 0 aliphatic carbocycles. The van der Waals surface area contributed by atoms with Crippen molar-refractivity contribution < 1.29 is 10.1 Å². The molecule has 25 heavy (non-hydrogen) atoms. The molecule has 0 spiro atoms. The lowest BCUT2D eigenvalue weighted by Crippen LogP contribution is -2.86. The van der Waals surface area contributed by atoms with Gasteiger partial charge in [0.05, 0.1) is 29.7 Å². The summed E-state index contributed by atoms with van der Waals surface area (Å²) in [5.41, 5.74) is 1.39. The topological polar surface area (TPSA) is 60.7 Å². The second-order valence-corrected chi connectivity index (χ2v) is 6.35. The molecule has 0 aliphatic heterocycles. The van der Waals surface area contributed by atoms with Gasteiger partial charge in [0, 0.05) is 12.1 Å². The summed E-state index contributed by atoms with van der Waals surface area (Å²) in [6.45, 7) is 3.47. The third-order valence-corrected chi connectivity index (χ3v) is 4.39. The maximum atomic E-state index is 13.1. The minimum Gasteiger partial charge on any atom is -0.379 e. The molecular weight excluding hydrogens is 338 g/mol. The monoisotopic (exact) mass is 358 g/mol. The highest BCUT2D eigenvalue weighted by molar-refractivity contribution is 6.30. The third-order valence-electron chi connectivity index (χ3n) is 4.14. The van der Waals surface area contributed by atoms with Crippen LogP contribution in [0.5, 0.6) is 0 Å². The number of ether oxygens (including phenoxy) is 1. The minimum atomic E-state index is -0.0742. The molecule has 130 valence electrons. The number of benzene rings is 2. The average molecular weight is 359 g/mol. The summed E-state index contributed by atoms with van der Waals surface area (Å²) in [7, 11) is 1.68. The Morgan fingerprint density at radius 1 is 1.20 bits per heavy atom. The van der Waals surface area contributed by atoms with Crippen molar-refractivity contribution in [1.29, 1.82) is 0 Å². The molecule has 0 saturated heterocycles. The summed E-state index contributed by atoms with van der Waals surface area (Å²) >= 11 is 6.00. The van der Waals surface area contributed by atoms with Gasteiger partial charge in [-0.2, -0.15) is 0 Å². The molecule has 0 fully saturated rings. The first-order valence-corrected chi connectivity index (χ1v) is 8.59. The van der Waals surface area contributed by atoms with Crippen LogP contribution in [0.25, 0.3) is 16.6 Å². The number of quaternary nitrogens is 1. The molecule has 0 amide bonds. The number of hydrogen-bond donors (Lipinski definition) is 1. The van der Waals surface area contributed by atoms with Gasteiger partial charge in [-0.05, 0) is 43.3 Å². The molecule has 0 radical (unpaired) electrons. The highest BCUT2D eigenvalue weighted by atomic mass is 35.5. The van der Waals surface area contributed by atoms with E-state index in [0.717, 1.165) is 12.2 Å². The van der Waals surface area contributed by atoms with Crippen molar-refractivity contribution in [2.45, 2.75) is 13.0 Å². The van der Waals surface area contributed by atoms with Crippen LogP contribution in [-0.4, -0.2) is 29.8 Å². The van der Waals surface area contributed by atoms with Crippen LogP contribution in [0.1, 0.15) is 18.8 Å². The van der Waals surface area contributed by atoms with Crippen molar-refractivity contribution in [3.8, 4) is 5.69 Å². The van der Waals surface area contributed by atoms with E-state index in [4.69, 9.17) is 21.3 Å². The molecule has 1 heterocycles. The fourth-order valence-electron chi connectivity index (χ4n) is 2.84. The van der Waals surface area contributed by atoms with Crippen LogP contribution < -0.4 is 10.9 Å². The Morgan fingerprint density at radius 2 is 1.92 bits per heavy atom. The van der Waals surface area contributed by atoms with Gasteiger partial charge in [0.25, 0.3) is 5.56 Å². The van der Waals surface area contributed by atoms with Crippen LogP contribution in [0.15, 0.2) is 53.3 Å². The Kier molecular flexibility index (Phi) is 5.48. The first-order chi connectivity index (χ1) is 12.1. The van der Waals surface area contributed by atoms with Crippen molar-refractivity contribution in [2.24, 2.45) is 0 Å². The van der Waals surface area contributed by atoms with E-state index in [1.807, 2.05) is 37.3 Å². The number of fused-ring (bicyclic) bond motifs is 1. The van der Waals surface area contributed by atoms with E-state index >= 15 is 0 Å². The molecule has 1 atom stereocenters. The SMILES string of the molecule is COCC[NH2+][C@H](C)c1nc2ccccc2c(=O)n1-c1ccc(Cl)cc1. The zero-order chi connectivity index (χ0) is 17.8. The van der Waals surface area contributed by atoms with Crippen molar-refractivity contribution in [3.05, 3.63) is 69.7 Å². The summed E-state index contributed by atoms with van der Waals surface area (Å²) in [5, 5.41) is 3.35. The van der Waals surface area contributed by atoms with Crippen molar-refractivity contribution in [1.82, 2.24) is 9.55 Å². The molecule has 0 bridgehead atoms. The van der Waals surface area contributed by atoms with Crippen molar-refractivity contribution in [2.75, 3.05) is 20.3 Å². The van der Waals surface area contributed by atoms with Gasteiger partial charge in [-0.3, -0.25) is 9.36 Å². The van der Waals surface area contributed by atoms with E-state index in [1.54, 1.807) is 29.9 Å². The Balaban J connectivity index is 2.17. The molecule has 0 aliphatic rings. The molecule has 0 saturated carbocycles. The van der Waals surface area contributed by atoms with Crippen LogP contribution >= 0.6 is 11.6 Å². The first kappa shape index (κ1) is 17.6. The highest BCUT2D eigenvalue weighted by Crippen LogP contribution is 2.18. The Labute approximate surface area is 151 Å². The first-order valence-electron chi connectivity index (χ1n) is 8.21.